The van der Waals surface area contributed by atoms with Crippen LogP contribution in [0.15, 0.2) is 30.5 Å². The van der Waals surface area contributed by atoms with Gasteiger partial charge in [0, 0.05) is 36.3 Å². The van der Waals surface area contributed by atoms with Gasteiger partial charge < -0.3 is 24.8 Å². The summed E-state index contributed by atoms with van der Waals surface area (Å²) in [5.74, 6) is 1.86. The first kappa shape index (κ1) is 30.5. The van der Waals surface area contributed by atoms with Crippen molar-refractivity contribution in [3.05, 3.63) is 51.6 Å². The average Bonchev–Trinajstić information content (AvgIpc) is 2.91. The number of aromatic nitrogens is 2. The van der Waals surface area contributed by atoms with Gasteiger partial charge in [0.15, 0.2) is 5.82 Å². The monoisotopic (exact) mass is 626 g/mol. The number of nitrogens with one attached hydrogen (secondary N) is 2. The highest BCUT2D eigenvalue weighted by Crippen LogP contribution is 2.50. The molecule has 0 atom stereocenters. The maximum absolute atomic E-state index is 13.1. The fraction of sp³-hybridized carbons (Fsp3) is 0.452. The molecule has 0 amide bonds. The molecule has 0 bridgehead atoms. The van der Waals surface area contributed by atoms with Gasteiger partial charge >= 0.3 is 0 Å². The van der Waals surface area contributed by atoms with Gasteiger partial charge in [-0.15, -0.1) is 0 Å². The minimum Gasteiger partial charge on any atom is -0.494 e. The van der Waals surface area contributed by atoms with E-state index >= 15 is 0 Å². The number of ether oxygens (including phenoxy) is 1. The van der Waals surface area contributed by atoms with Crippen LogP contribution >= 0.6 is 30.3 Å². The van der Waals surface area contributed by atoms with Crippen molar-refractivity contribution in [3.8, 4) is 11.8 Å². The lowest BCUT2D eigenvalue weighted by Crippen LogP contribution is -2.57. The molecule has 1 aliphatic carbocycles. The summed E-state index contributed by atoms with van der Waals surface area (Å²) in [5.41, 5.74) is 4.73. The predicted molar refractivity (Wildman–Crippen MR) is 173 cm³/mol. The quantitative estimate of drug-likeness (QED) is 0.242. The number of rotatable bonds is 8. The van der Waals surface area contributed by atoms with Crippen molar-refractivity contribution in [1.82, 2.24) is 9.97 Å². The van der Waals surface area contributed by atoms with Crippen molar-refractivity contribution >= 4 is 64.5 Å². The minimum absolute atomic E-state index is 0.308. The Morgan fingerprint density at radius 2 is 1.76 bits per heavy atom. The molecule has 11 heteroatoms. The molecular formula is C31H37Cl2N6O2P. The number of anilines is 5. The van der Waals surface area contributed by atoms with Crippen LogP contribution in [0.4, 0.5) is 28.8 Å². The molecule has 0 radical (unpaired) electrons. The second kappa shape index (κ2) is 12.0. The third-order valence-corrected chi connectivity index (χ3v) is 10.8. The molecule has 2 aliphatic rings. The normalized spacial score (nSPS) is 16.6. The summed E-state index contributed by atoms with van der Waals surface area (Å²) in [6, 6.07) is 10.0. The van der Waals surface area contributed by atoms with Crippen LogP contribution < -0.4 is 25.6 Å². The molecule has 1 saturated carbocycles. The van der Waals surface area contributed by atoms with Gasteiger partial charge in [0.2, 0.25) is 5.95 Å². The van der Waals surface area contributed by atoms with E-state index in [2.05, 4.69) is 31.6 Å². The zero-order chi connectivity index (χ0) is 30.2. The Morgan fingerprint density at radius 3 is 2.40 bits per heavy atom. The number of halogens is 2. The molecule has 0 unspecified atom stereocenters. The van der Waals surface area contributed by atoms with Crippen molar-refractivity contribution in [1.29, 1.82) is 5.26 Å². The number of hydrogen-bond donors (Lipinski definition) is 2. The van der Waals surface area contributed by atoms with Crippen molar-refractivity contribution in [2.24, 2.45) is 11.3 Å². The first-order chi connectivity index (χ1) is 19.9. The molecule has 1 spiro atoms. The van der Waals surface area contributed by atoms with E-state index in [1.165, 1.54) is 6.20 Å². The molecule has 1 saturated heterocycles. The lowest BCUT2D eigenvalue weighted by molar-refractivity contribution is 0.110. The summed E-state index contributed by atoms with van der Waals surface area (Å²) >= 11 is 13.3. The molecule has 1 aliphatic heterocycles. The Bertz CT molecular complexity index is 1590. The summed E-state index contributed by atoms with van der Waals surface area (Å²) in [4.78, 5) is 11.3. The van der Waals surface area contributed by atoms with E-state index in [4.69, 9.17) is 33.2 Å². The van der Waals surface area contributed by atoms with Crippen molar-refractivity contribution < 1.29 is 9.30 Å². The Balaban J connectivity index is 1.34. The zero-order valence-corrected chi connectivity index (χ0v) is 27.1. The third kappa shape index (κ3) is 6.34. The van der Waals surface area contributed by atoms with E-state index in [0.717, 1.165) is 60.9 Å². The molecule has 2 aromatic carbocycles. The van der Waals surface area contributed by atoms with Gasteiger partial charge in [-0.25, -0.2) is 4.98 Å². The second-order valence-corrected chi connectivity index (χ2v) is 16.1. The van der Waals surface area contributed by atoms with E-state index in [-0.39, 0.29) is 0 Å². The SMILES string of the molecule is COc1cc(N2CC3(CCC(CC#N)CC3)C2)c(Cl)cc1Nc1ncc(Cl)c(Nc2cc(C)c(C)cc2P(C)(C)=O)n1. The first-order valence-electron chi connectivity index (χ1n) is 14.1. The largest absolute Gasteiger partial charge is 0.494 e. The minimum atomic E-state index is -2.58. The van der Waals surface area contributed by atoms with E-state index < -0.39 is 7.14 Å². The van der Waals surface area contributed by atoms with Gasteiger partial charge in [-0.3, -0.25) is 0 Å². The van der Waals surface area contributed by atoms with E-state index in [1.54, 1.807) is 20.4 Å². The number of methoxy groups -OCH3 is 1. The van der Waals surface area contributed by atoms with Crippen LogP contribution in [0.2, 0.25) is 10.0 Å². The highest BCUT2D eigenvalue weighted by atomic mass is 35.5. The average molecular weight is 628 g/mol. The predicted octanol–water partition coefficient (Wildman–Crippen LogP) is 8.05. The van der Waals surface area contributed by atoms with Gasteiger partial charge in [0.25, 0.3) is 0 Å². The van der Waals surface area contributed by atoms with Gasteiger partial charge in [-0.2, -0.15) is 10.2 Å². The molecule has 42 heavy (non-hydrogen) atoms. The summed E-state index contributed by atoms with van der Waals surface area (Å²) in [6.07, 6.45) is 6.75. The Kier molecular flexibility index (Phi) is 8.67. The van der Waals surface area contributed by atoms with Crippen LogP contribution in [0, 0.1) is 36.5 Å². The third-order valence-electron chi connectivity index (χ3n) is 8.64. The van der Waals surface area contributed by atoms with Crippen LogP contribution in [0.25, 0.3) is 0 Å². The summed E-state index contributed by atoms with van der Waals surface area (Å²) in [5, 5.41) is 17.2. The highest BCUT2D eigenvalue weighted by Gasteiger charge is 2.45. The maximum Gasteiger partial charge on any atom is 0.229 e. The van der Waals surface area contributed by atoms with E-state index in [1.807, 2.05) is 38.1 Å². The van der Waals surface area contributed by atoms with Crippen LogP contribution in [0.1, 0.15) is 43.2 Å². The molecule has 2 fully saturated rings. The smallest absolute Gasteiger partial charge is 0.229 e. The molecule has 2 heterocycles. The molecular weight excluding hydrogens is 590 g/mol. The number of benzene rings is 2. The molecule has 222 valence electrons. The van der Waals surface area contributed by atoms with Crippen LogP contribution in [0.5, 0.6) is 5.75 Å². The Morgan fingerprint density at radius 1 is 1.07 bits per heavy atom. The molecule has 3 aromatic rings. The van der Waals surface area contributed by atoms with Crippen LogP contribution in [-0.2, 0) is 4.57 Å². The second-order valence-electron chi connectivity index (χ2n) is 12.1. The number of nitriles is 1. The highest BCUT2D eigenvalue weighted by molar-refractivity contribution is 7.70. The van der Waals surface area contributed by atoms with Gasteiger partial charge in [-0.1, -0.05) is 23.2 Å². The van der Waals surface area contributed by atoms with Crippen molar-refractivity contribution in [3.63, 3.8) is 0 Å². The first-order valence-corrected chi connectivity index (χ1v) is 17.5. The van der Waals surface area contributed by atoms with Gasteiger partial charge in [0.05, 0.1) is 41.5 Å². The summed E-state index contributed by atoms with van der Waals surface area (Å²) in [7, 11) is -0.955. The molecule has 2 N–H and O–H groups in total. The molecule has 1 aromatic heterocycles. The molecule has 5 rings (SSSR count). The Labute approximate surface area is 258 Å². The summed E-state index contributed by atoms with van der Waals surface area (Å²) < 4.78 is 18.8. The van der Waals surface area contributed by atoms with E-state index in [0.29, 0.717) is 56.7 Å². The van der Waals surface area contributed by atoms with Crippen LogP contribution in [-0.4, -0.2) is 43.5 Å². The van der Waals surface area contributed by atoms with E-state index in [9.17, 15) is 4.57 Å². The number of hydrogen-bond acceptors (Lipinski definition) is 8. The fourth-order valence-corrected chi connectivity index (χ4v) is 7.66. The van der Waals surface area contributed by atoms with Crippen LogP contribution in [0.3, 0.4) is 0 Å². The maximum atomic E-state index is 13.1. The molecule has 8 nitrogen and oxygen atoms in total. The van der Waals surface area contributed by atoms with Crippen molar-refractivity contribution in [2.75, 3.05) is 49.1 Å². The Hall–Kier alpha value is -2.98. The van der Waals surface area contributed by atoms with Gasteiger partial charge in [-0.05, 0) is 88.1 Å². The lowest BCUT2D eigenvalue weighted by Gasteiger charge is -2.54. The lowest BCUT2D eigenvalue weighted by atomic mass is 9.65. The zero-order valence-electron chi connectivity index (χ0n) is 24.7. The number of nitrogens with zero attached hydrogens (tertiary/aromatic N) is 4. The van der Waals surface area contributed by atoms with Crippen molar-refractivity contribution in [2.45, 2.75) is 46.0 Å². The van der Waals surface area contributed by atoms with Gasteiger partial charge in [0.1, 0.15) is 17.9 Å². The standard InChI is InChI=1S/C31H37Cl2N6O2P/c1-19-12-25(28(13-20(19)2)42(4,5)40)36-29-23(33)16-35-30(38-29)37-24-14-22(32)26(15-27(24)41-3)39-17-31(18-39)9-6-21(7-10-31)8-11-34/h12-16,21H,6-10,17-18H2,1-5H3,(H2,35,36,37,38). The summed E-state index contributed by atoms with van der Waals surface area (Å²) in [6.45, 7) is 9.43. The number of aryl methyl sites for hydroxylation is 2. The fourth-order valence-electron chi connectivity index (χ4n) is 6.03. The topological polar surface area (TPSA) is 103 Å².